The number of hydrogen-bond donors (Lipinski definition) is 1. The zero-order valence-electron chi connectivity index (χ0n) is 9.28. The molecule has 1 aromatic rings. The van der Waals surface area contributed by atoms with Crippen molar-refractivity contribution >= 4 is 9.84 Å². The molecule has 0 fully saturated rings. The van der Waals surface area contributed by atoms with E-state index in [2.05, 4.69) is 10.2 Å². The molecule has 2 rings (SSSR count). The topological polar surface area (TPSA) is 79.9 Å². The predicted molar refractivity (Wildman–Crippen MR) is 59.3 cm³/mol. The second-order valence-corrected chi connectivity index (χ2v) is 6.37. The number of fused-ring (bicyclic) bond motifs is 1. The Labute approximate surface area is 93.8 Å². The van der Waals surface area contributed by atoms with Gasteiger partial charge in [0.25, 0.3) is 5.56 Å². The average molecular weight is 242 g/mol. The van der Waals surface area contributed by atoms with Gasteiger partial charge in [-0.1, -0.05) is 13.8 Å². The molecule has 0 atom stereocenters. The summed E-state index contributed by atoms with van der Waals surface area (Å²) < 4.78 is 23.9. The third-order valence-electron chi connectivity index (χ3n) is 2.76. The van der Waals surface area contributed by atoms with Crippen LogP contribution in [0, 0.1) is 0 Å². The Morgan fingerprint density at radius 3 is 2.69 bits per heavy atom. The van der Waals surface area contributed by atoms with Gasteiger partial charge in [-0.25, -0.2) is 13.5 Å². The highest BCUT2D eigenvalue weighted by Crippen LogP contribution is 2.28. The molecule has 1 N–H and O–H groups in total. The third kappa shape index (κ3) is 1.67. The first kappa shape index (κ1) is 11.3. The molecule has 0 saturated heterocycles. The molecule has 0 aromatic carbocycles. The van der Waals surface area contributed by atoms with Crippen LogP contribution in [-0.2, 0) is 16.3 Å². The molecule has 6 heteroatoms. The lowest BCUT2D eigenvalue weighted by Crippen LogP contribution is -2.28. The van der Waals surface area contributed by atoms with Crippen molar-refractivity contribution in [3.63, 3.8) is 0 Å². The zero-order valence-corrected chi connectivity index (χ0v) is 10.1. The number of nitrogens with one attached hydrogen (secondary N) is 1. The van der Waals surface area contributed by atoms with Gasteiger partial charge in [-0.15, -0.1) is 0 Å². The highest BCUT2D eigenvalue weighted by Gasteiger charge is 2.30. The predicted octanol–water partition coefficient (Wildman–Crippen LogP) is 0.613. The average Bonchev–Trinajstić information content (AvgIpc) is 2.18. The molecule has 0 radical (unpaired) electrons. The molecule has 1 aromatic heterocycles. The Morgan fingerprint density at radius 2 is 2.06 bits per heavy atom. The Kier molecular flexibility index (Phi) is 2.61. The minimum atomic E-state index is -3.32. The zero-order chi connectivity index (χ0) is 11.9. The van der Waals surface area contributed by atoms with Crippen LogP contribution in [0.25, 0.3) is 0 Å². The van der Waals surface area contributed by atoms with Crippen LogP contribution in [0.3, 0.4) is 0 Å². The van der Waals surface area contributed by atoms with E-state index in [-0.39, 0.29) is 22.1 Å². The first-order valence-electron chi connectivity index (χ1n) is 5.27. The van der Waals surface area contributed by atoms with Gasteiger partial charge in [-0.05, 0) is 18.8 Å². The SMILES string of the molecule is CC(C)c1n[nH]c(=O)c2c1S(=O)(=O)CCC2. The van der Waals surface area contributed by atoms with Gasteiger partial charge < -0.3 is 0 Å². The fraction of sp³-hybridized carbons (Fsp3) is 0.600. The lowest BCUT2D eigenvalue weighted by atomic mass is 10.1. The molecule has 0 aliphatic carbocycles. The van der Waals surface area contributed by atoms with Gasteiger partial charge in [0.15, 0.2) is 9.84 Å². The van der Waals surface area contributed by atoms with Gasteiger partial charge in [-0.3, -0.25) is 4.79 Å². The molecule has 5 nitrogen and oxygen atoms in total. The van der Waals surface area contributed by atoms with Gasteiger partial charge in [-0.2, -0.15) is 5.10 Å². The normalized spacial score (nSPS) is 18.4. The Balaban J connectivity index is 2.84. The number of aromatic nitrogens is 2. The first-order chi connectivity index (χ1) is 7.43. The smallest absolute Gasteiger partial charge is 0.268 e. The standard InChI is InChI=1S/C10H14N2O3S/c1-6(2)8-9-7(10(13)12-11-8)4-3-5-16(9,14)15/h6H,3-5H2,1-2H3,(H,12,13). The molecule has 16 heavy (non-hydrogen) atoms. The van der Waals surface area contributed by atoms with Crippen molar-refractivity contribution < 1.29 is 8.42 Å². The van der Waals surface area contributed by atoms with Gasteiger partial charge in [0.2, 0.25) is 0 Å². The quantitative estimate of drug-likeness (QED) is 0.782. The third-order valence-corrected chi connectivity index (χ3v) is 4.66. The van der Waals surface area contributed by atoms with Crippen LogP contribution in [0.5, 0.6) is 0 Å². The fourth-order valence-corrected chi connectivity index (χ4v) is 3.89. The summed E-state index contributed by atoms with van der Waals surface area (Å²) >= 11 is 0. The van der Waals surface area contributed by atoms with Crippen molar-refractivity contribution in [2.24, 2.45) is 0 Å². The molecule has 88 valence electrons. The molecular formula is C10H14N2O3S. The second-order valence-electron chi connectivity index (χ2n) is 4.32. The van der Waals surface area contributed by atoms with Gasteiger partial charge in [0, 0.05) is 5.56 Å². The maximum atomic E-state index is 12.0. The summed E-state index contributed by atoms with van der Waals surface area (Å²) in [6.07, 6.45) is 1.03. The van der Waals surface area contributed by atoms with Crippen LogP contribution < -0.4 is 5.56 Å². The van der Waals surface area contributed by atoms with Crippen LogP contribution >= 0.6 is 0 Å². The monoisotopic (exact) mass is 242 g/mol. The van der Waals surface area contributed by atoms with Crippen LogP contribution in [-0.4, -0.2) is 24.4 Å². The highest BCUT2D eigenvalue weighted by atomic mass is 32.2. The van der Waals surface area contributed by atoms with Gasteiger partial charge >= 0.3 is 0 Å². The maximum absolute atomic E-state index is 12.0. The lowest BCUT2D eigenvalue weighted by molar-refractivity contribution is 0.577. The number of H-pyrrole nitrogens is 1. The first-order valence-corrected chi connectivity index (χ1v) is 6.93. The summed E-state index contributed by atoms with van der Waals surface area (Å²) in [4.78, 5) is 11.7. The van der Waals surface area contributed by atoms with E-state index in [0.29, 0.717) is 24.1 Å². The van der Waals surface area contributed by atoms with Crippen LogP contribution in [0.15, 0.2) is 9.69 Å². The Hall–Kier alpha value is -1.17. The number of rotatable bonds is 1. The molecular weight excluding hydrogens is 228 g/mol. The summed E-state index contributed by atoms with van der Waals surface area (Å²) in [7, 11) is -3.32. The van der Waals surface area contributed by atoms with Crippen molar-refractivity contribution in [1.82, 2.24) is 10.2 Å². The largest absolute Gasteiger partial charge is 0.268 e. The lowest BCUT2D eigenvalue weighted by Gasteiger charge is -2.19. The van der Waals surface area contributed by atoms with E-state index in [0.717, 1.165) is 0 Å². The summed E-state index contributed by atoms with van der Waals surface area (Å²) in [5.41, 5.74) is 0.488. The molecule has 1 aliphatic rings. The number of hydrogen-bond acceptors (Lipinski definition) is 4. The molecule has 1 aliphatic heterocycles. The second kappa shape index (κ2) is 3.69. The van der Waals surface area contributed by atoms with E-state index in [1.165, 1.54) is 0 Å². The van der Waals surface area contributed by atoms with Gasteiger partial charge in [0.1, 0.15) is 0 Å². The van der Waals surface area contributed by atoms with E-state index in [1.807, 2.05) is 13.8 Å². The van der Waals surface area contributed by atoms with E-state index in [4.69, 9.17) is 0 Å². The summed E-state index contributed by atoms with van der Waals surface area (Å²) in [6.45, 7) is 3.73. The van der Waals surface area contributed by atoms with Crippen molar-refractivity contribution in [2.45, 2.75) is 37.5 Å². The molecule has 0 amide bonds. The maximum Gasteiger partial charge on any atom is 0.268 e. The summed E-state index contributed by atoms with van der Waals surface area (Å²) in [5, 5.41) is 6.25. The number of aromatic amines is 1. The van der Waals surface area contributed by atoms with E-state index >= 15 is 0 Å². The number of nitrogens with zero attached hydrogens (tertiary/aromatic N) is 1. The van der Waals surface area contributed by atoms with Crippen LogP contribution in [0.1, 0.15) is 37.4 Å². The van der Waals surface area contributed by atoms with E-state index in [9.17, 15) is 13.2 Å². The van der Waals surface area contributed by atoms with Crippen molar-refractivity contribution in [3.8, 4) is 0 Å². The van der Waals surface area contributed by atoms with Crippen molar-refractivity contribution in [2.75, 3.05) is 5.75 Å². The van der Waals surface area contributed by atoms with Crippen molar-refractivity contribution in [3.05, 3.63) is 21.6 Å². The molecule has 0 unspecified atom stereocenters. The van der Waals surface area contributed by atoms with Crippen LogP contribution in [0.4, 0.5) is 0 Å². The minimum absolute atomic E-state index is 0.0153. The summed E-state index contributed by atoms with van der Waals surface area (Å²) in [5.74, 6) is 0.101. The molecule has 2 heterocycles. The van der Waals surface area contributed by atoms with Crippen LogP contribution in [0.2, 0.25) is 0 Å². The van der Waals surface area contributed by atoms with Crippen molar-refractivity contribution in [1.29, 1.82) is 0 Å². The van der Waals surface area contributed by atoms with E-state index in [1.54, 1.807) is 0 Å². The Bertz CT molecular complexity index is 572. The highest BCUT2D eigenvalue weighted by molar-refractivity contribution is 7.91. The minimum Gasteiger partial charge on any atom is -0.268 e. The summed E-state index contributed by atoms with van der Waals surface area (Å²) in [6, 6.07) is 0. The van der Waals surface area contributed by atoms with Gasteiger partial charge in [0.05, 0.1) is 16.3 Å². The number of sulfone groups is 1. The molecule has 0 saturated carbocycles. The van der Waals surface area contributed by atoms with E-state index < -0.39 is 9.84 Å². The Morgan fingerprint density at radius 1 is 1.38 bits per heavy atom. The fourth-order valence-electron chi connectivity index (χ4n) is 1.99. The molecule has 0 spiro atoms. The molecule has 0 bridgehead atoms.